The van der Waals surface area contributed by atoms with E-state index in [1.165, 1.54) is 5.69 Å². The number of nitrogens with two attached hydrogens (primary N) is 1. The molecule has 2 N–H and O–H groups in total. The Bertz CT molecular complexity index is 574. The predicted octanol–water partition coefficient (Wildman–Crippen LogP) is 1.47. The number of oxazole rings is 1. The second-order valence-electron chi connectivity index (χ2n) is 5.00. The van der Waals surface area contributed by atoms with Gasteiger partial charge >= 0.3 is 0 Å². The van der Waals surface area contributed by atoms with Crippen molar-refractivity contribution in [3.05, 3.63) is 36.2 Å². The summed E-state index contributed by atoms with van der Waals surface area (Å²) in [7, 11) is 1.68. The first kappa shape index (κ1) is 13.8. The lowest BCUT2D eigenvalue weighted by Crippen LogP contribution is -2.46. The molecule has 2 aromatic rings. The van der Waals surface area contributed by atoms with Crippen LogP contribution in [0, 0.1) is 0 Å². The highest BCUT2D eigenvalue weighted by atomic mass is 16.5. The average Bonchev–Trinajstić information content (AvgIpc) is 3.04. The Kier molecular flexibility index (Phi) is 3.96. The van der Waals surface area contributed by atoms with E-state index in [0.717, 1.165) is 37.6 Å². The highest BCUT2D eigenvalue weighted by Crippen LogP contribution is 2.22. The van der Waals surface area contributed by atoms with Gasteiger partial charge in [0.2, 0.25) is 0 Å². The van der Waals surface area contributed by atoms with Gasteiger partial charge in [-0.15, -0.1) is 0 Å². The van der Waals surface area contributed by atoms with E-state index in [2.05, 4.69) is 26.9 Å². The van der Waals surface area contributed by atoms with Gasteiger partial charge in [-0.3, -0.25) is 0 Å². The van der Waals surface area contributed by atoms with Gasteiger partial charge in [0.15, 0.2) is 0 Å². The SMILES string of the molecule is COc1ccc(N2CCN(c3nc(CN)co3)CC2)cc1. The van der Waals surface area contributed by atoms with Crippen molar-refractivity contribution in [2.75, 3.05) is 43.1 Å². The van der Waals surface area contributed by atoms with Crippen molar-refractivity contribution in [2.45, 2.75) is 6.54 Å². The van der Waals surface area contributed by atoms with E-state index in [-0.39, 0.29) is 0 Å². The minimum absolute atomic E-state index is 0.412. The minimum Gasteiger partial charge on any atom is -0.497 e. The van der Waals surface area contributed by atoms with Gasteiger partial charge in [-0.25, -0.2) is 0 Å². The van der Waals surface area contributed by atoms with Gasteiger partial charge in [0.1, 0.15) is 12.0 Å². The minimum atomic E-state index is 0.412. The number of nitrogens with zero attached hydrogens (tertiary/aromatic N) is 3. The fourth-order valence-electron chi connectivity index (χ4n) is 2.48. The Morgan fingerprint density at radius 3 is 2.38 bits per heavy atom. The van der Waals surface area contributed by atoms with Gasteiger partial charge in [0.05, 0.1) is 12.8 Å². The number of piperazine rings is 1. The van der Waals surface area contributed by atoms with Crippen molar-refractivity contribution in [1.82, 2.24) is 4.98 Å². The normalized spacial score (nSPS) is 15.3. The summed E-state index contributed by atoms with van der Waals surface area (Å²) in [4.78, 5) is 8.87. The molecule has 1 aromatic carbocycles. The molecule has 0 atom stereocenters. The molecular formula is C15H20N4O2. The monoisotopic (exact) mass is 288 g/mol. The molecular weight excluding hydrogens is 268 g/mol. The zero-order valence-electron chi connectivity index (χ0n) is 12.2. The molecule has 0 aliphatic carbocycles. The van der Waals surface area contributed by atoms with Crippen LogP contribution in [0.5, 0.6) is 5.75 Å². The number of anilines is 2. The molecule has 0 spiro atoms. The van der Waals surface area contributed by atoms with E-state index in [1.807, 2.05) is 12.1 Å². The molecule has 2 heterocycles. The highest BCUT2D eigenvalue weighted by molar-refractivity contribution is 5.50. The van der Waals surface area contributed by atoms with E-state index >= 15 is 0 Å². The maximum Gasteiger partial charge on any atom is 0.297 e. The summed E-state index contributed by atoms with van der Waals surface area (Å²) in [6, 6.07) is 8.83. The van der Waals surface area contributed by atoms with Crippen LogP contribution in [-0.2, 0) is 6.54 Å². The number of hydrogen-bond donors (Lipinski definition) is 1. The molecule has 0 radical (unpaired) electrons. The molecule has 0 unspecified atom stereocenters. The van der Waals surface area contributed by atoms with Gasteiger partial charge in [0.25, 0.3) is 6.01 Å². The average molecular weight is 288 g/mol. The number of hydrogen-bond acceptors (Lipinski definition) is 6. The largest absolute Gasteiger partial charge is 0.497 e. The summed E-state index contributed by atoms with van der Waals surface area (Å²) in [5.74, 6) is 0.881. The number of rotatable bonds is 4. The molecule has 0 saturated carbocycles. The van der Waals surface area contributed by atoms with Crippen molar-refractivity contribution in [1.29, 1.82) is 0 Å². The van der Waals surface area contributed by atoms with Crippen molar-refractivity contribution in [3.8, 4) is 5.75 Å². The molecule has 112 valence electrons. The maximum atomic E-state index is 5.55. The molecule has 6 nitrogen and oxygen atoms in total. The van der Waals surface area contributed by atoms with E-state index in [0.29, 0.717) is 12.6 Å². The van der Waals surface area contributed by atoms with Gasteiger partial charge in [-0.1, -0.05) is 0 Å². The van der Waals surface area contributed by atoms with Crippen LogP contribution in [0.25, 0.3) is 0 Å². The van der Waals surface area contributed by atoms with Crippen LogP contribution in [0.2, 0.25) is 0 Å². The van der Waals surface area contributed by atoms with Crippen molar-refractivity contribution >= 4 is 11.7 Å². The Hall–Kier alpha value is -2.21. The van der Waals surface area contributed by atoms with Gasteiger partial charge < -0.3 is 24.7 Å². The summed E-state index contributed by atoms with van der Waals surface area (Å²) in [6.45, 7) is 4.06. The van der Waals surface area contributed by atoms with Crippen LogP contribution in [0.15, 0.2) is 34.9 Å². The van der Waals surface area contributed by atoms with Gasteiger partial charge in [-0.05, 0) is 24.3 Å². The molecule has 1 aliphatic rings. The Balaban J connectivity index is 1.61. The first-order chi connectivity index (χ1) is 10.3. The molecule has 1 fully saturated rings. The number of ether oxygens (including phenoxy) is 1. The first-order valence-corrected chi connectivity index (χ1v) is 7.08. The fourth-order valence-corrected chi connectivity index (χ4v) is 2.48. The summed E-state index contributed by atoms with van der Waals surface area (Å²) in [6.07, 6.45) is 1.63. The van der Waals surface area contributed by atoms with E-state index < -0.39 is 0 Å². The smallest absolute Gasteiger partial charge is 0.297 e. The van der Waals surface area contributed by atoms with Crippen molar-refractivity contribution < 1.29 is 9.15 Å². The van der Waals surface area contributed by atoms with Crippen molar-refractivity contribution in [3.63, 3.8) is 0 Å². The van der Waals surface area contributed by atoms with Crippen LogP contribution in [0.4, 0.5) is 11.7 Å². The summed E-state index contributed by atoms with van der Waals surface area (Å²) >= 11 is 0. The Morgan fingerprint density at radius 2 is 1.81 bits per heavy atom. The summed E-state index contributed by atoms with van der Waals surface area (Å²) in [5, 5.41) is 0. The van der Waals surface area contributed by atoms with E-state index in [1.54, 1.807) is 13.4 Å². The summed E-state index contributed by atoms with van der Waals surface area (Å²) in [5.41, 5.74) is 7.56. The third-order valence-electron chi connectivity index (χ3n) is 3.74. The lowest BCUT2D eigenvalue weighted by molar-refractivity contribution is 0.415. The molecule has 1 saturated heterocycles. The molecule has 0 amide bonds. The molecule has 3 rings (SSSR count). The van der Waals surface area contributed by atoms with Crippen LogP contribution >= 0.6 is 0 Å². The van der Waals surface area contributed by atoms with Gasteiger partial charge in [-0.2, -0.15) is 4.98 Å². The number of benzene rings is 1. The molecule has 1 aliphatic heterocycles. The molecule has 1 aromatic heterocycles. The van der Waals surface area contributed by atoms with Crippen molar-refractivity contribution in [2.24, 2.45) is 5.73 Å². The van der Waals surface area contributed by atoms with E-state index in [4.69, 9.17) is 14.9 Å². The standard InChI is InChI=1S/C15H20N4O2/c1-20-14-4-2-13(3-5-14)18-6-8-19(9-7-18)15-17-12(10-16)11-21-15/h2-5,11H,6-10,16H2,1H3. The highest BCUT2D eigenvalue weighted by Gasteiger charge is 2.20. The lowest BCUT2D eigenvalue weighted by atomic mass is 10.2. The molecule has 6 heteroatoms. The second-order valence-corrected chi connectivity index (χ2v) is 5.00. The van der Waals surface area contributed by atoms with Crippen LogP contribution in [0.1, 0.15) is 5.69 Å². The van der Waals surface area contributed by atoms with E-state index in [9.17, 15) is 0 Å². The van der Waals surface area contributed by atoms with Crippen LogP contribution < -0.4 is 20.3 Å². The Labute approximate surface area is 124 Å². The zero-order chi connectivity index (χ0) is 14.7. The molecule has 0 bridgehead atoms. The second kappa shape index (κ2) is 6.05. The Morgan fingerprint density at radius 1 is 1.14 bits per heavy atom. The number of aromatic nitrogens is 1. The van der Waals surface area contributed by atoms with Crippen LogP contribution in [-0.4, -0.2) is 38.3 Å². The first-order valence-electron chi connectivity index (χ1n) is 7.08. The molecule has 21 heavy (non-hydrogen) atoms. The third-order valence-corrected chi connectivity index (χ3v) is 3.74. The predicted molar refractivity (Wildman–Crippen MR) is 81.8 cm³/mol. The quantitative estimate of drug-likeness (QED) is 0.919. The van der Waals surface area contributed by atoms with Crippen LogP contribution in [0.3, 0.4) is 0 Å². The fraction of sp³-hybridized carbons (Fsp3) is 0.400. The third kappa shape index (κ3) is 2.95. The summed E-state index contributed by atoms with van der Waals surface area (Å²) < 4.78 is 10.7. The zero-order valence-corrected chi connectivity index (χ0v) is 12.2. The number of methoxy groups -OCH3 is 1. The lowest BCUT2D eigenvalue weighted by Gasteiger charge is -2.35. The maximum absolute atomic E-state index is 5.55. The van der Waals surface area contributed by atoms with Gasteiger partial charge in [0, 0.05) is 38.4 Å². The topological polar surface area (TPSA) is 67.8 Å².